The van der Waals surface area contributed by atoms with Crippen LogP contribution in [0.3, 0.4) is 0 Å². The van der Waals surface area contributed by atoms with Gasteiger partial charge in [0.05, 0.1) is 13.2 Å². The number of rotatable bonds is 4. The number of phosphoric acid groups is 1. The fourth-order valence-electron chi connectivity index (χ4n) is 1.31. The van der Waals surface area contributed by atoms with Crippen molar-refractivity contribution in [2.45, 2.75) is 24.1 Å². The third kappa shape index (κ3) is 2.98. The van der Waals surface area contributed by atoms with Crippen LogP contribution in [0.1, 0.15) is 0 Å². The third-order valence-corrected chi connectivity index (χ3v) is 2.64. The minimum absolute atomic E-state index is 0.731. The van der Waals surface area contributed by atoms with Gasteiger partial charge in [0.1, 0.15) is 18.3 Å². The smallest absolute Gasteiger partial charge is 0.391 e. The molecule has 10 heteroatoms. The molecular weight excluding hydrogens is 247 g/mol. The molecule has 0 aromatic carbocycles. The average molecular weight is 260 g/mol. The van der Waals surface area contributed by atoms with Crippen molar-refractivity contribution in [3.05, 3.63) is 0 Å². The molecule has 1 rings (SSSR count). The molecule has 0 saturated carbocycles. The Morgan fingerprint density at radius 2 is 1.94 bits per heavy atom. The molecule has 1 heterocycles. The van der Waals surface area contributed by atoms with E-state index in [1.165, 1.54) is 0 Å². The van der Waals surface area contributed by atoms with Crippen LogP contribution in [0.5, 0.6) is 0 Å². The molecule has 1 saturated heterocycles. The quantitative estimate of drug-likeness (QED) is 0.288. The minimum Gasteiger partial charge on any atom is -0.391 e. The van der Waals surface area contributed by atoms with Crippen molar-refractivity contribution in [2.24, 2.45) is 0 Å². The van der Waals surface area contributed by atoms with Gasteiger partial charge in [-0.25, -0.2) is 4.57 Å². The van der Waals surface area contributed by atoms with Crippen molar-refractivity contribution >= 4 is 7.82 Å². The van der Waals surface area contributed by atoms with E-state index in [2.05, 4.69) is 9.26 Å². The molecule has 0 aromatic heterocycles. The van der Waals surface area contributed by atoms with Crippen LogP contribution in [0.15, 0.2) is 0 Å². The van der Waals surface area contributed by atoms with Gasteiger partial charge >= 0.3 is 7.82 Å². The van der Waals surface area contributed by atoms with E-state index in [1.54, 1.807) is 0 Å². The van der Waals surface area contributed by atoms with Gasteiger partial charge in [-0.2, -0.15) is 0 Å². The van der Waals surface area contributed by atoms with Crippen LogP contribution in [0.25, 0.3) is 0 Å². The average Bonchev–Trinajstić information content (AvgIpc) is 2.40. The second-order valence-corrected chi connectivity index (χ2v) is 4.62. The summed E-state index contributed by atoms with van der Waals surface area (Å²) in [5.41, 5.74) is 0. The van der Waals surface area contributed by atoms with Gasteiger partial charge in [0, 0.05) is 0 Å². The maximum Gasteiger partial charge on any atom is 0.469 e. The summed E-state index contributed by atoms with van der Waals surface area (Å²) in [6.45, 7) is -1.71. The molecule has 96 valence electrons. The van der Waals surface area contributed by atoms with Gasteiger partial charge in [-0.1, -0.05) is 0 Å². The summed E-state index contributed by atoms with van der Waals surface area (Å²) >= 11 is 0. The Morgan fingerprint density at radius 3 is 2.31 bits per heavy atom. The Bertz CT molecular complexity index is 290. The molecule has 16 heavy (non-hydrogen) atoms. The molecule has 1 aliphatic heterocycles. The predicted molar refractivity (Wildman–Crippen MR) is 46.9 cm³/mol. The summed E-state index contributed by atoms with van der Waals surface area (Å²) in [5, 5.41) is 36.7. The molecule has 0 unspecified atom stereocenters. The molecule has 0 aliphatic carbocycles. The lowest BCUT2D eigenvalue weighted by Crippen LogP contribution is -2.46. The van der Waals surface area contributed by atoms with Crippen molar-refractivity contribution in [1.29, 1.82) is 0 Å². The zero-order valence-corrected chi connectivity index (χ0v) is 8.90. The minimum atomic E-state index is -4.73. The first-order valence-corrected chi connectivity index (χ1v) is 5.80. The standard InChI is InChI=1S/C6H13O9P/c7-2-6(10)5(9)4(8)3(15-6)1-14-16(11,12)13/h3-5,7-10H,1-2H2,(H2,11,12,13)/t3-,4+,5+,6-/m0/s1. The van der Waals surface area contributed by atoms with Gasteiger partial charge in [0.15, 0.2) is 0 Å². The summed E-state index contributed by atoms with van der Waals surface area (Å²) in [6.07, 6.45) is -4.76. The lowest BCUT2D eigenvalue weighted by molar-refractivity contribution is -0.247. The number of hydrogen-bond acceptors (Lipinski definition) is 7. The van der Waals surface area contributed by atoms with Crippen LogP contribution in [0.2, 0.25) is 0 Å². The summed E-state index contributed by atoms with van der Waals surface area (Å²) in [7, 11) is -4.73. The van der Waals surface area contributed by atoms with E-state index in [1.807, 2.05) is 0 Å². The lowest BCUT2D eigenvalue weighted by atomic mass is 10.1. The van der Waals surface area contributed by atoms with Crippen molar-refractivity contribution in [3.8, 4) is 0 Å². The maximum absolute atomic E-state index is 10.4. The van der Waals surface area contributed by atoms with Crippen LogP contribution in [0.4, 0.5) is 0 Å². The number of hydrogen-bond donors (Lipinski definition) is 6. The molecule has 0 bridgehead atoms. The molecule has 0 aromatic rings. The predicted octanol–water partition coefficient (Wildman–Crippen LogP) is -3.10. The zero-order valence-electron chi connectivity index (χ0n) is 8.00. The highest BCUT2D eigenvalue weighted by atomic mass is 31.2. The molecular formula is C6H13O9P. The third-order valence-electron chi connectivity index (χ3n) is 2.16. The first-order valence-electron chi connectivity index (χ1n) is 4.27. The van der Waals surface area contributed by atoms with Crippen molar-refractivity contribution < 1.29 is 44.0 Å². The zero-order chi connectivity index (χ0) is 12.6. The van der Waals surface area contributed by atoms with Gasteiger partial charge in [-0.15, -0.1) is 0 Å². The molecule has 0 radical (unpaired) electrons. The van der Waals surface area contributed by atoms with Crippen LogP contribution in [-0.4, -0.2) is 67.5 Å². The highest BCUT2D eigenvalue weighted by Crippen LogP contribution is 2.38. The molecule has 4 atom stereocenters. The Balaban J connectivity index is 2.61. The molecule has 1 aliphatic rings. The van der Waals surface area contributed by atoms with Crippen molar-refractivity contribution in [3.63, 3.8) is 0 Å². The van der Waals surface area contributed by atoms with E-state index in [9.17, 15) is 19.9 Å². The molecule has 9 nitrogen and oxygen atoms in total. The van der Waals surface area contributed by atoms with E-state index >= 15 is 0 Å². The first-order chi connectivity index (χ1) is 7.19. The fourth-order valence-corrected chi connectivity index (χ4v) is 1.65. The van der Waals surface area contributed by atoms with Crippen LogP contribution in [0, 0.1) is 0 Å². The molecule has 0 amide bonds. The number of phosphoric ester groups is 1. The van der Waals surface area contributed by atoms with E-state index in [0.717, 1.165) is 0 Å². The lowest BCUT2D eigenvalue weighted by Gasteiger charge is -2.22. The molecule has 1 fully saturated rings. The number of ether oxygens (including phenoxy) is 1. The Labute approximate surface area is 90.1 Å². The Hall–Kier alpha value is -0.0900. The first kappa shape index (κ1) is 14.0. The molecule has 0 spiro atoms. The van der Waals surface area contributed by atoms with Gasteiger partial charge in [-0.3, -0.25) is 4.52 Å². The van der Waals surface area contributed by atoms with Gasteiger partial charge in [0.2, 0.25) is 5.79 Å². The largest absolute Gasteiger partial charge is 0.469 e. The highest BCUT2D eigenvalue weighted by molar-refractivity contribution is 7.46. The van der Waals surface area contributed by atoms with Crippen LogP contribution >= 0.6 is 7.82 Å². The van der Waals surface area contributed by atoms with E-state index in [0.29, 0.717) is 0 Å². The Kier molecular flexibility index (Phi) is 4.06. The fraction of sp³-hybridized carbons (Fsp3) is 1.00. The van der Waals surface area contributed by atoms with Crippen molar-refractivity contribution in [1.82, 2.24) is 0 Å². The number of aliphatic hydroxyl groups excluding tert-OH is 3. The summed E-state index contributed by atoms with van der Waals surface area (Å²) in [6, 6.07) is 0. The van der Waals surface area contributed by atoms with Gasteiger partial charge in [0.25, 0.3) is 0 Å². The van der Waals surface area contributed by atoms with Crippen LogP contribution < -0.4 is 0 Å². The maximum atomic E-state index is 10.4. The summed E-state index contributed by atoms with van der Waals surface area (Å²) < 4.78 is 19.1. The summed E-state index contributed by atoms with van der Waals surface area (Å²) in [5.74, 6) is -2.36. The van der Waals surface area contributed by atoms with E-state index in [-0.39, 0.29) is 0 Å². The SMILES string of the molecule is O=P(O)(O)OC[C@@H]1O[C@@](O)(CO)[C@H](O)[C@@H]1O. The second kappa shape index (κ2) is 4.65. The monoisotopic (exact) mass is 260 g/mol. The van der Waals surface area contributed by atoms with Gasteiger partial charge in [-0.05, 0) is 0 Å². The van der Waals surface area contributed by atoms with Gasteiger partial charge < -0.3 is 34.9 Å². The van der Waals surface area contributed by atoms with E-state index in [4.69, 9.17) is 14.9 Å². The summed E-state index contributed by atoms with van der Waals surface area (Å²) in [4.78, 5) is 16.8. The normalized spacial score (nSPS) is 40.2. The topological polar surface area (TPSA) is 157 Å². The highest BCUT2D eigenvalue weighted by Gasteiger charge is 2.53. The Morgan fingerprint density at radius 1 is 1.38 bits per heavy atom. The molecule has 6 N–H and O–H groups in total. The number of aliphatic hydroxyl groups is 4. The van der Waals surface area contributed by atoms with Crippen LogP contribution in [-0.2, 0) is 13.8 Å². The van der Waals surface area contributed by atoms with E-state index < -0.39 is 45.1 Å². The van der Waals surface area contributed by atoms with Crippen molar-refractivity contribution in [2.75, 3.05) is 13.2 Å². The second-order valence-electron chi connectivity index (χ2n) is 3.38.